The third kappa shape index (κ3) is 3.45. The third-order valence-corrected chi connectivity index (χ3v) is 4.02. The minimum Gasteiger partial charge on any atom is -0.353 e. The zero-order valence-corrected chi connectivity index (χ0v) is 11.8. The van der Waals surface area contributed by atoms with E-state index in [4.69, 9.17) is 0 Å². The van der Waals surface area contributed by atoms with Crippen LogP contribution in [0.3, 0.4) is 0 Å². The van der Waals surface area contributed by atoms with E-state index in [1.54, 1.807) is 0 Å². The first-order valence-electron chi connectivity index (χ1n) is 7.22. The Bertz CT molecular complexity index is 478. The maximum absolute atomic E-state index is 12.2. The number of nitro groups is 1. The summed E-state index contributed by atoms with van der Waals surface area (Å²) in [6, 6.07) is 1.79. The number of aromatic amines is 1. The van der Waals surface area contributed by atoms with E-state index in [1.165, 1.54) is 31.5 Å². The van der Waals surface area contributed by atoms with Gasteiger partial charge < -0.3 is 4.98 Å². The highest BCUT2D eigenvalue weighted by molar-refractivity contribution is 5.96. The molecule has 1 N–H and O–H groups in total. The molecule has 1 saturated carbocycles. The average molecular weight is 279 g/mol. The summed E-state index contributed by atoms with van der Waals surface area (Å²) in [5.41, 5.74) is 0.264. The van der Waals surface area contributed by atoms with E-state index >= 15 is 0 Å². The van der Waals surface area contributed by atoms with E-state index < -0.39 is 4.92 Å². The van der Waals surface area contributed by atoms with Gasteiger partial charge in [-0.25, -0.2) is 0 Å². The van der Waals surface area contributed by atoms with E-state index in [0.29, 0.717) is 18.3 Å². The molecule has 1 aliphatic carbocycles. The van der Waals surface area contributed by atoms with Crippen molar-refractivity contribution in [3.05, 3.63) is 28.1 Å². The molecule has 6 nitrogen and oxygen atoms in total. The molecule has 0 amide bonds. The van der Waals surface area contributed by atoms with Crippen molar-refractivity contribution in [2.24, 2.45) is 0 Å². The molecule has 1 aromatic heterocycles. The fourth-order valence-electron chi connectivity index (χ4n) is 2.86. The van der Waals surface area contributed by atoms with E-state index in [2.05, 4.69) is 16.8 Å². The Morgan fingerprint density at radius 2 is 2.15 bits per heavy atom. The van der Waals surface area contributed by atoms with E-state index in [-0.39, 0.29) is 11.5 Å². The number of hydrogen-bond donors (Lipinski definition) is 1. The lowest BCUT2D eigenvalue weighted by Gasteiger charge is -2.32. The monoisotopic (exact) mass is 279 g/mol. The summed E-state index contributed by atoms with van der Waals surface area (Å²) in [5, 5.41) is 10.6. The van der Waals surface area contributed by atoms with Crippen LogP contribution in [0, 0.1) is 10.1 Å². The number of nitrogens with zero attached hydrogens (tertiary/aromatic N) is 2. The van der Waals surface area contributed by atoms with Gasteiger partial charge in [0.1, 0.15) is 0 Å². The Hall–Kier alpha value is -1.69. The minimum atomic E-state index is -0.494. The molecule has 2 rings (SSSR count). The van der Waals surface area contributed by atoms with Gasteiger partial charge in [-0.2, -0.15) is 0 Å². The number of carbonyl (C=O) groups is 1. The quantitative estimate of drug-likeness (QED) is 0.493. The zero-order valence-electron chi connectivity index (χ0n) is 11.8. The van der Waals surface area contributed by atoms with Crippen LogP contribution in [0.5, 0.6) is 0 Å². The van der Waals surface area contributed by atoms with Crippen LogP contribution in [-0.2, 0) is 0 Å². The Morgan fingerprint density at radius 3 is 2.70 bits per heavy atom. The lowest BCUT2D eigenvalue weighted by Crippen LogP contribution is -2.40. The molecule has 6 heteroatoms. The van der Waals surface area contributed by atoms with Gasteiger partial charge >= 0.3 is 0 Å². The van der Waals surface area contributed by atoms with Crippen molar-refractivity contribution in [2.45, 2.75) is 45.1 Å². The molecular formula is C14H21N3O3. The van der Waals surface area contributed by atoms with Crippen LogP contribution >= 0.6 is 0 Å². The second kappa shape index (κ2) is 6.65. The van der Waals surface area contributed by atoms with Crippen LogP contribution in [0.15, 0.2) is 12.3 Å². The molecule has 1 aliphatic rings. The van der Waals surface area contributed by atoms with Crippen molar-refractivity contribution in [1.29, 1.82) is 0 Å². The maximum atomic E-state index is 12.2. The first-order valence-corrected chi connectivity index (χ1v) is 7.22. The van der Waals surface area contributed by atoms with Crippen LogP contribution in [0.1, 0.15) is 49.5 Å². The number of likely N-dealkylation sites (N-methyl/N-ethyl adjacent to an activating group) is 1. The van der Waals surface area contributed by atoms with Crippen LogP contribution in [-0.4, -0.2) is 39.7 Å². The first-order chi connectivity index (χ1) is 9.61. The smallest absolute Gasteiger partial charge is 0.287 e. The molecule has 0 unspecified atom stereocenters. The summed E-state index contributed by atoms with van der Waals surface area (Å²) in [4.78, 5) is 27.2. The summed E-state index contributed by atoms with van der Waals surface area (Å²) in [7, 11) is 0. The van der Waals surface area contributed by atoms with Crippen molar-refractivity contribution in [3.63, 3.8) is 0 Å². The van der Waals surface area contributed by atoms with Gasteiger partial charge in [-0.3, -0.25) is 19.8 Å². The third-order valence-electron chi connectivity index (χ3n) is 4.02. The molecule has 20 heavy (non-hydrogen) atoms. The number of aromatic nitrogens is 1. The second-order valence-electron chi connectivity index (χ2n) is 5.31. The molecule has 110 valence electrons. The van der Waals surface area contributed by atoms with Gasteiger partial charge in [0.25, 0.3) is 5.69 Å². The second-order valence-corrected chi connectivity index (χ2v) is 5.31. The topological polar surface area (TPSA) is 79.2 Å². The highest BCUT2D eigenvalue weighted by Crippen LogP contribution is 2.23. The van der Waals surface area contributed by atoms with Crippen molar-refractivity contribution in [3.8, 4) is 0 Å². The highest BCUT2D eigenvalue weighted by Gasteiger charge is 2.23. The Balaban J connectivity index is 1.98. The SMILES string of the molecule is CCN(CC(=O)c1cc([N+](=O)[O-])c[nH]1)C1CCCCC1. The molecule has 0 bridgehead atoms. The van der Waals surface area contributed by atoms with Gasteiger partial charge in [0, 0.05) is 12.1 Å². The average Bonchev–Trinajstić information content (AvgIpc) is 2.95. The Labute approximate surface area is 118 Å². The molecule has 0 aromatic carbocycles. The normalized spacial score (nSPS) is 16.5. The van der Waals surface area contributed by atoms with Gasteiger partial charge in [-0.05, 0) is 19.4 Å². The Kier molecular flexibility index (Phi) is 4.89. The van der Waals surface area contributed by atoms with E-state index in [0.717, 1.165) is 19.4 Å². The van der Waals surface area contributed by atoms with Crippen molar-refractivity contribution >= 4 is 11.5 Å². The molecular weight excluding hydrogens is 258 g/mol. The predicted octanol–water partition coefficient (Wildman–Crippen LogP) is 2.76. The minimum absolute atomic E-state index is 0.0611. The van der Waals surface area contributed by atoms with E-state index in [9.17, 15) is 14.9 Å². The predicted molar refractivity (Wildman–Crippen MR) is 75.9 cm³/mol. The van der Waals surface area contributed by atoms with Gasteiger partial charge in [-0.1, -0.05) is 26.2 Å². The number of ketones is 1. The fourth-order valence-corrected chi connectivity index (χ4v) is 2.86. The number of hydrogen-bond acceptors (Lipinski definition) is 4. The number of rotatable bonds is 6. The molecule has 1 heterocycles. The van der Waals surface area contributed by atoms with Crippen LogP contribution in [0.2, 0.25) is 0 Å². The van der Waals surface area contributed by atoms with E-state index in [1.807, 2.05) is 0 Å². The zero-order chi connectivity index (χ0) is 14.5. The van der Waals surface area contributed by atoms with Crippen LogP contribution < -0.4 is 0 Å². The number of nitrogens with one attached hydrogen (secondary N) is 1. The summed E-state index contributed by atoms with van der Waals surface area (Å²) in [6.45, 7) is 3.22. The Morgan fingerprint density at radius 1 is 1.45 bits per heavy atom. The number of H-pyrrole nitrogens is 1. The van der Waals surface area contributed by atoms with Gasteiger partial charge in [0.15, 0.2) is 5.78 Å². The highest BCUT2D eigenvalue weighted by atomic mass is 16.6. The van der Waals surface area contributed by atoms with Crippen molar-refractivity contribution in [1.82, 2.24) is 9.88 Å². The van der Waals surface area contributed by atoms with Crippen LogP contribution in [0.4, 0.5) is 5.69 Å². The van der Waals surface area contributed by atoms with Crippen LogP contribution in [0.25, 0.3) is 0 Å². The molecule has 1 fully saturated rings. The maximum Gasteiger partial charge on any atom is 0.287 e. The number of Topliss-reactive ketones (excluding diaryl/α,β-unsaturated/α-hetero) is 1. The molecule has 0 saturated heterocycles. The first kappa shape index (κ1) is 14.7. The van der Waals surface area contributed by atoms with Gasteiger partial charge in [0.2, 0.25) is 0 Å². The van der Waals surface area contributed by atoms with Crippen molar-refractivity contribution in [2.75, 3.05) is 13.1 Å². The molecule has 0 spiro atoms. The molecule has 1 aromatic rings. The number of carbonyl (C=O) groups excluding carboxylic acids is 1. The summed E-state index contributed by atoms with van der Waals surface area (Å²) >= 11 is 0. The molecule has 0 radical (unpaired) electrons. The van der Waals surface area contributed by atoms with Gasteiger partial charge in [0.05, 0.1) is 23.4 Å². The lowest BCUT2D eigenvalue weighted by molar-refractivity contribution is -0.384. The summed E-state index contributed by atoms with van der Waals surface area (Å²) in [5.74, 6) is -0.0782. The lowest BCUT2D eigenvalue weighted by atomic mass is 9.94. The molecule has 0 aliphatic heterocycles. The largest absolute Gasteiger partial charge is 0.353 e. The molecule has 0 atom stereocenters. The van der Waals surface area contributed by atoms with Gasteiger partial charge in [-0.15, -0.1) is 0 Å². The summed E-state index contributed by atoms with van der Waals surface area (Å²) < 4.78 is 0. The standard InChI is InChI=1S/C14H21N3O3/c1-2-16(11-6-4-3-5-7-11)10-14(18)13-8-12(9-15-13)17(19)20/h8-9,11,15H,2-7,10H2,1H3. The summed E-state index contributed by atoms with van der Waals surface area (Å²) in [6.07, 6.45) is 7.29. The van der Waals surface area contributed by atoms with Crippen molar-refractivity contribution < 1.29 is 9.72 Å². The fraction of sp³-hybridized carbons (Fsp3) is 0.643.